The standard InChI is InChI=1S/C17H19N5O3S2/c23-27(24,22-9-11-25-12-10-22)16-3-1-15(2-4-16)20-17(26)21-19-13-14-5-7-18-8-6-14/h1-8,13H,9-12H2,(H2,20,21,26)/b19-13+. The Hall–Kier alpha value is -2.40. The van der Waals surface area contributed by atoms with E-state index in [-0.39, 0.29) is 4.90 Å². The van der Waals surface area contributed by atoms with Gasteiger partial charge in [-0.3, -0.25) is 10.4 Å². The van der Waals surface area contributed by atoms with Gasteiger partial charge in [0.05, 0.1) is 24.3 Å². The molecule has 0 bridgehead atoms. The van der Waals surface area contributed by atoms with Crippen LogP contribution in [0.5, 0.6) is 0 Å². The number of anilines is 1. The second-order valence-corrected chi connectivity index (χ2v) is 7.99. The SMILES string of the molecule is O=S(=O)(c1ccc(NC(=S)N/N=C/c2ccncc2)cc1)N1CCOCC1. The zero-order valence-electron chi connectivity index (χ0n) is 14.4. The molecule has 1 aromatic carbocycles. The normalized spacial score (nSPS) is 15.6. The molecule has 0 spiro atoms. The van der Waals surface area contributed by atoms with Crippen molar-refractivity contribution in [3.63, 3.8) is 0 Å². The van der Waals surface area contributed by atoms with Gasteiger partial charge in [-0.25, -0.2) is 8.42 Å². The van der Waals surface area contributed by atoms with Crippen LogP contribution < -0.4 is 10.7 Å². The molecule has 0 radical (unpaired) electrons. The van der Waals surface area contributed by atoms with E-state index in [9.17, 15) is 8.42 Å². The summed E-state index contributed by atoms with van der Waals surface area (Å²) in [6.07, 6.45) is 4.96. The fourth-order valence-electron chi connectivity index (χ4n) is 2.42. The first-order valence-corrected chi connectivity index (χ1v) is 10.1. The van der Waals surface area contributed by atoms with Gasteiger partial charge in [0.25, 0.3) is 0 Å². The van der Waals surface area contributed by atoms with Crippen molar-refractivity contribution in [2.24, 2.45) is 5.10 Å². The molecule has 2 aromatic rings. The number of sulfonamides is 1. The first-order valence-electron chi connectivity index (χ1n) is 8.24. The van der Waals surface area contributed by atoms with Crippen LogP contribution in [0, 0.1) is 0 Å². The van der Waals surface area contributed by atoms with Crippen LogP contribution in [0.25, 0.3) is 0 Å². The van der Waals surface area contributed by atoms with Gasteiger partial charge in [0.15, 0.2) is 5.11 Å². The van der Waals surface area contributed by atoms with Crippen molar-refractivity contribution < 1.29 is 13.2 Å². The van der Waals surface area contributed by atoms with Crippen molar-refractivity contribution in [2.45, 2.75) is 4.90 Å². The lowest BCUT2D eigenvalue weighted by atomic mass is 10.3. The number of ether oxygens (including phenoxy) is 1. The maximum atomic E-state index is 12.6. The summed E-state index contributed by atoms with van der Waals surface area (Å²) in [6.45, 7) is 1.56. The highest BCUT2D eigenvalue weighted by Gasteiger charge is 2.26. The first kappa shape index (κ1) is 19.4. The molecule has 2 heterocycles. The molecule has 2 N–H and O–H groups in total. The highest BCUT2D eigenvalue weighted by Crippen LogP contribution is 2.19. The smallest absolute Gasteiger partial charge is 0.243 e. The molecule has 0 unspecified atom stereocenters. The molecular formula is C17H19N5O3S2. The van der Waals surface area contributed by atoms with Crippen molar-refractivity contribution in [1.29, 1.82) is 0 Å². The summed E-state index contributed by atoms with van der Waals surface area (Å²) in [7, 11) is -3.50. The van der Waals surface area contributed by atoms with Gasteiger partial charge in [-0.05, 0) is 54.2 Å². The van der Waals surface area contributed by atoms with Gasteiger partial charge in [-0.1, -0.05) is 0 Å². The highest BCUT2D eigenvalue weighted by atomic mass is 32.2. The maximum Gasteiger partial charge on any atom is 0.243 e. The average Bonchev–Trinajstić information content (AvgIpc) is 2.70. The van der Waals surface area contributed by atoms with Crippen LogP contribution in [-0.2, 0) is 14.8 Å². The Balaban J connectivity index is 1.57. The molecular weight excluding hydrogens is 386 g/mol. The molecule has 0 atom stereocenters. The van der Waals surface area contributed by atoms with E-state index in [1.807, 2.05) is 12.1 Å². The number of nitrogens with zero attached hydrogens (tertiary/aromatic N) is 3. The molecule has 3 rings (SSSR count). The minimum Gasteiger partial charge on any atom is -0.379 e. The fraction of sp³-hybridized carbons (Fsp3) is 0.235. The Bertz CT molecular complexity index is 896. The number of benzene rings is 1. The fourth-order valence-corrected chi connectivity index (χ4v) is 4.00. The zero-order valence-corrected chi connectivity index (χ0v) is 16.0. The summed E-state index contributed by atoms with van der Waals surface area (Å²) in [5.74, 6) is 0. The molecule has 142 valence electrons. The van der Waals surface area contributed by atoms with E-state index in [1.54, 1.807) is 42.9 Å². The van der Waals surface area contributed by atoms with Crippen molar-refractivity contribution in [1.82, 2.24) is 14.7 Å². The molecule has 0 aliphatic carbocycles. The summed E-state index contributed by atoms with van der Waals surface area (Å²) in [4.78, 5) is 4.17. The van der Waals surface area contributed by atoms with Crippen LogP contribution in [0.15, 0.2) is 58.8 Å². The van der Waals surface area contributed by atoms with E-state index in [1.165, 1.54) is 4.31 Å². The Labute approximate surface area is 163 Å². The summed E-state index contributed by atoms with van der Waals surface area (Å²) in [6, 6.07) is 10.1. The Kier molecular flexibility index (Phi) is 6.45. The zero-order chi connectivity index (χ0) is 19.1. The Morgan fingerprint density at radius 3 is 2.48 bits per heavy atom. The number of hydrogen-bond donors (Lipinski definition) is 2. The third-order valence-electron chi connectivity index (χ3n) is 3.81. The molecule has 10 heteroatoms. The minimum absolute atomic E-state index is 0.240. The van der Waals surface area contributed by atoms with E-state index in [2.05, 4.69) is 20.8 Å². The van der Waals surface area contributed by atoms with Crippen LogP contribution in [0.2, 0.25) is 0 Å². The van der Waals surface area contributed by atoms with Gasteiger partial charge in [-0.15, -0.1) is 0 Å². The number of hydrazone groups is 1. The Morgan fingerprint density at radius 1 is 1.15 bits per heavy atom. The predicted octanol–water partition coefficient (Wildman–Crippen LogP) is 1.42. The molecule has 1 fully saturated rings. The van der Waals surface area contributed by atoms with Crippen molar-refractivity contribution in [3.05, 3.63) is 54.4 Å². The molecule has 1 saturated heterocycles. The van der Waals surface area contributed by atoms with E-state index in [4.69, 9.17) is 17.0 Å². The lowest BCUT2D eigenvalue weighted by Gasteiger charge is -2.26. The summed E-state index contributed by atoms with van der Waals surface area (Å²) in [5, 5.41) is 7.28. The first-order chi connectivity index (χ1) is 13.1. The minimum atomic E-state index is -3.50. The summed E-state index contributed by atoms with van der Waals surface area (Å²) in [5.41, 5.74) is 4.25. The second kappa shape index (κ2) is 9.00. The van der Waals surface area contributed by atoms with Crippen molar-refractivity contribution >= 4 is 39.3 Å². The molecule has 1 aliphatic heterocycles. The number of nitrogens with one attached hydrogen (secondary N) is 2. The summed E-state index contributed by atoms with van der Waals surface area (Å²) < 4.78 is 31.8. The molecule has 1 aliphatic rings. The van der Waals surface area contributed by atoms with Crippen LogP contribution in [0.1, 0.15) is 5.56 Å². The molecule has 27 heavy (non-hydrogen) atoms. The number of pyridine rings is 1. The summed E-state index contributed by atoms with van der Waals surface area (Å²) >= 11 is 5.17. The Morgan fingerprint density at radius 2 is 1.81 bits per heavy atom. The van der Waals surface area contributed by atoms with Crippen LogP contribution in [0.3, 0.4) is 0 Å². The predicted molar refractivity (Wildman–Crippen MR) is 107 cm³/mol. The monoisotopic (exact) mass is 405 g/mol. The molecule has 8 nitrogen and oxygen atoms in total. The maximum absolute atomic E-state index is 12.6. The van der Waals surface area contributed by atoms with Crippen LogP contribution in [-0.4, -0.2) is 55.3 Å². The van der Waals surface area contributed by atoms with Gasteiger partial charge in [-0.2, -0.15) is 9.41 Å². The lowest BCUT2D eigenvalue weighted by Crippen LogP contribution is -2.40. The third kappa shape index (κ3) is 5.30. The quantitative estimate of drug-likeness (QED) is 0.441. The van der Waals surface area contributed by atoms with Crippen LogP contribution in [0.4, 0.5) is 5.69 Å². The lowest BCUT2D eigenvalue weighted by molar-refractivity contribution is 0.0730. The van der Waals surface area contributed by atoms with E-state index in [0.29, 0.717) is 37.1 Å². The largest absolute Gasteiger partial charge is 0.379 e. The van der Waals surface area contributed by atoms with Crippen LogP contribution >= 0.6 is 12.2 Å². The van der Waals surface area contributed by atoms with E-state index < -0.39 is 10.0 Å². The number of thiocarbonyl (C=S) groups is 1. The molecule has 1 aromatic heterocycles. The van der Waals surface area contributed by atoms with Crippen molar-refractivity contribution in [3.8, 4) is 0 Å². The number of rotatable bonds is 5. The van der Waals surface area contributed by atoms with Crippen molar-refractivity contribution in [2.75, 3.05) is 31.6 Å². The van der Waals surface area contributed by atoms with E-state index in [0.717, 1.165) is 5.56 Å². The molecule has 0 amide bonds. The topological polar surface area (TPSA) is 95.9 Å². The van der Waals surface area contributed by atoms with Gasteiger partial charge in [0, 0.05) is 31.2 Å². The van der Waals surface area contributed by atoms with Gasteiger partial charge >= 0.3 is 0 Å². The third-order valence-corrected chi connectivity index (χ3v) is 5.91. The highest BCUT2D eigenvalue weighted by molar-refractivity contribution is 7.89. The average molecular weight is 406 g/mol. The second-order valence-electron chi connectivity index (χ2n) is 5.65. The molecule has 0 saturated carbocycles. The van der Waals surface area contributed by atoms with Gasteiger partial charge in [0.1, 0.15) is 0 Å². The number of morpholine rings is 1. The van der Waals surface area contributed by atoms with Gasteiger partial charge in [0.2, 0.25) is 10.0 Å². The van der Waals surface area contributed by atoms with Gasteiger partial charge < -0.3 is 10.1 Å². The number of hydrogen-bond acceptors (Lipinski definition) is 6. The van der Waals surface area contributed by atoms with E-state index >= 15 is 0 Å². The number of aromatic nitrogens is 1.